The van der Waals surface area contributed by atoms with E-state index in [1.165, 1.54) is 0 Å². The van der Waals surface area contributed by atoms with Crippen LogP contribution >= 0.6 is 0 Å². The van der Waals surface area contributed by atoms with Gasteiger partial charge in [0.25, 0.3) is 0 Å². The van der Waals surface area contributed by atoms with Gasteiger partial charge in [0, 0.05) is 0 Å². The summed E-state index contributed by atoms with van der Waals surface area (Å²) in [5.41, 5.74) is 5.62. The first kappa shape index (κ1) is 12.7. The summed E-state index contributed by atoms with van der Waals surface area (Å²) >= 11 is 2.74. The summed E-state index contributed by atoms with van der Waals surface area (Å²) in [6.45, 7) is 0.166. The van der Waals surface area contributed by atoms with Crippen LogP contribution in [0.25, 0.3) is 0 Å². The quantitative estimate of drug-likeness (QED) is 0.641. The molecule has 1 aromatic rings. The van der Waals surface area contributed by atoms with Gasteiger partial charge in [0.2, 0.25) is 0 Å². The number of hydrogen-bond donors (Lipinski definition) is 2. The maximum absolute atomic E-state index is 11.5. The van der Waals surface area contributed by atoms with Gasteiger partial charge in [-0.25, -0.2) is 0 Å². The molecule has 1 fully saturated rings. The average molecular weight is 303 g/mol. The van der Waals surface area contributed by atoms with Gasteiger partial charge >= 0.3 is 106 Å². The summed E-state index contributed by atoms with van der Waals surface area (Å²) < 4.78 is 7.87. The zero-order valence-corrected chi connectivity index (χ0v) is 10.9. The molecule has 0 bridgehead atoms. The predicted octanol–water partition coefficient (Wildman–Crippen LogP) is -1.83. The van der Waals surface area contributed by atoms with Crippen LogP contribution in [0.1, 0.15) is 24.6 Å². The van der Waals surface area contributed by atoms with Crippen molar-refractivity contribution < 1.29 is 9.84 Å². The molecule has 3 N–H and O–H groups in total. The first-order valence-corrected chi connectivity index (χ1v) is 6.26. The number of aromatic nitrogens is 2. The number of hydrogen-bond acceptors (Lipinski definition) is 5. The van der Waals surface area contributed by atoms with Crippen molar-refractivity contribution in [1.29, 1.82) is 0 Å². The summed E-state index contributed by atoms with van der Waals surface area (Å²) in [7, 11) is 0. The van der Waals surface area contributed by atoms with E-state index in [0.717, 1.165) is 12.8 Å². The molecule has 0 aliphatic carbocycles. The first-order chi connectivity index (χ1) is 8.15. The predicted molar refractivity (Wildman–Crippen MR) is 62.0 cm³/mol. The van der Waals surface area contributed by atoms with Crippen molar-refractivity contribution in [3.8, 4) is 0 Å². The van der Waals surface area contributed by atoms with E-state index in [1.54, 1.807) is 10.8 Å². The zero-order chi connectivity index (χ0) is 12.4. The van der Waals surface area contributed by atoms with Crippen molar-refractivity contribution >= 4 is 20.7 Å². The second-order valence-electron chi connectivity index (χ2n) is 3.94. The van der Waals surface area contributed by atoms with Crippen LogP contribution in [0, 0.1) is 0 Å². The normalized spacial score (nSPS) is 24.1. The van der Waals surface area contributed by atoms with E-state index in [-0.39, 0.29) is 31.0 Å². The van der Waals surface area contributed by atoms with Gasteiger partial charge in [0.1, 0.15) is 0 Å². The van der Waals surface area contributed by atoms with E-state index in [0.29, 0.717) is 10.3 Å². The standard InChI is InChI=1S/C10H14N3O3Se/c11-3-6-4-13(10(17)12-9(6)15)8-2-1-7(5-14)16-8/h4,7-8,14H,1-3,5,11H2. The molecule has 1 aliphatic rings. The molecule has 2 atom stereocenters. The monoisotopic (exact) mass is 304 g/mol. The molecule has 0 spiro atoms. The zero-order valence-electron chi connectivity index (χ0n) is 9.20. The maximum atomic E-state index is 11.5. The molecular formula is C10H14N3O3Se. The van der Waals surface area contributed by atoms with E-state index in [2.05, 4.69) is 21.0 Å². The Morgan fingerprint density at radius 2 is 2.41 bits per heavy atom. The molecule has 0 saturated carbocycles. The number of ether oxygens (including phenoxy) is 1. The van der Waals surface area contributed by atoms with Crippen LogP contribution in [0.5, 0.6) is 0 Å². The molecule has 6 nitrogen and oxygen atoms in total. The Balaban J connectivity index is 2.29. The summed E-state index contributed by atoms with van der Waals surface area (Å²) in [4.78, 5) is 15.3. The van der Waals surface area contributed by atoms with Gasteiger partial charge in [0.05, 0.1) is 0 Å². The van der Waals surface area contributed by atoms with Crippen molar-refractivity contribution in [2.75, 3.05) is 6.61 Å². The minimum atomic E-state index is -0.311. The van der Waals surface area contributed by atoms with E-state index >= 15 is 0 Å². The topological polar surface area (TPSA) is 90.4 Å². The van der Waals surface area contributed by atoms with E-state index in [9.17, 15) is 4.79 Å². The van der Waals surface area contributed by atoms with E-state index < -0.39 is 0 Å². The number of rotatable bonds is 3. The number of nitrogens with zero attached hydrogens (tertiary/aromatic N) is 2. The van der Waals surface area contributed by atoms with Crippen LogP contribution in [0.4, 0.5) is 0 Å². The summed E-state index contributed by atoms with van der Waals surface area (Å²) in [6.07, 6.45) is 2.92. The molecule has 1 aromatic heterocycles. The summed E-state index contributed by atoms with van der Waals surface area (Å²) in [5.74, 6) is 0. The molecule has 1 aliphatic heterocycles. The van der Waals surface area contributed by atoms with Crippen LogP contribution in [-0.4, -0.2) is 43.4 Å². The average Bonchev–Trinajstić information content (AvgIpc) is 2.78. The van der Waals surface area contributed by atoms with Gasteiger partial charge in [-0.1, -0.05) is 0 Å². The second-order valence-corrected chi connectivity index (χ2v) is 4.70. The second kappa shape index (κ2) is 5.29. The van der Waals surface area contributed by atoms with Crippen molar-refractivity contribution in [3.63, 3.8) is 0 Å². The Bertz CT molecular complexity index is 463. The molecule has 0 aromatic carbocycles. The number of aliphatic hydroxyl groups excluding tert-OH is 1. The molecule has 2 heterocycles. The number of aliphatic hydroxyl groups is 1. The Labute approximate surface area is 107 Å². The number of nitrogens with two attached hydrogens (primary N) is 1. The minimum absolute atomic E-state index is 0.0106. The van der Waals surface area contributed by atoms with E-state index in [1.807, 2.05) is 0 Å². The third-order valence-corrected chi connectivity index (χ3v) is 3.44. The summed E-state index contributed by atoms with van der Waals surface area (Å²) in [6, 6.07) is 0. The van der Waals surface area contributed by atoms with Gasteiger partial charge < -0.3 is 0 Å². The Hall–Kier alpha value is -0.721. The summed E-state index contributed by atoms with van der Waals surface area (Å²) in [5, 5.41) is 9.02. The molecule has 2 unspecified atom stereocenters. The van der Waals surface area contributed by atoms with Gasteiger partial charge in [0.15, 0.2) is 0 Å². The Kier molecular flexibility index (Phi) is 3.96. The Morgan fingerprint density at radius 3 is 3.00 bits per heavy atom. The van der Waals surface area contributed by atoms with Crippen LogP contribution < -0.4 is 16.0 Å². The van der Waals surface area contributed by atoms with Gasteiger partial charge in [-0.05, 0) is 0 Å². The van der Waals surface area contributed by atoms with Crippen molar-refractivity contribution in [1.82, 2.24) is 9.55 Å². The molecule has 1 radical (unpaired) electrons. The third-order valence-electron chi connectivity index (χ3n) is 2.81. The van der Waals surface area contributed by atoms with Crippen LogP contribution in [0.2, 0.25) is 0 Å². The third kappa shape index (κ3) is 2.59. The van der Waals surface area contributed by atoms with Gasteiger partial charge in [-0.15, -0.1) is 0 Å². The van der Waals surface area contributed by atoms with E-state index in [4.69, 9.17) is 15.6 Å². The first-order valence-electron chi connectivity index (χ1n) is 5.41. The van der Waals surface area contributed by atoms with Crippen molar-refractivity contribution in [2.24, 2.45) is 5.73 Å². The van der Waals surface area contributed by atoms with Crippen molar-refractivity contribution in [3.05, 3.63) is 22.1 Å². The fraction of sp³-hybridized carbons (Fsp3) is 0.600. The Morgan fingerprint density at radius 1 is 1.65 bits per heavy atom. The fourth-order valence-corrected chi connectivity index (χ4v) is 2.40. The molecular weight excluding hydrogens is 289 g/mol. The van der Waals surface area contributed by atoms with Crippen LogP contribution in [-0.2, 0) is 11.3 Å². The molecule has 2 rings (SSSR count). The fourth-order valence-electron chi connectivity index (χ4n) is 1.87. The van der Waals surface area contributed by atoms with Crippen LogP contribution in [0.3, 0.4) is 0 Å². The van der Waals surface area contributed by atoms with Gasteiger partial charge in [-0.3, -0.25) is 0 Å². The molecule has 17 heavy (non-hydrogen) atoms. The molecule has 7 heteroatoms. The molecule has 0 amide bonds. The SMILES string of the molecule is NCc1cn(C2CCC(CO)O2)c([Se])nc1=O. The van der Waals surface area contributed by atoms with Gasteiger partial charge in [-0.2, -0.15) is 0 Å². The molecule has 93 valence electrons. The van der Waals surface area contributed by atoms with Crippen LogP contribution in [0.15, 0.2) is 11.0 Å². The molecule has 1 saturated heterocycles. The van der Waals surface area contributed by atoms with Crippen molar-refractivity contribution in [2.45, 2.75) is 31.7 Å².